The van der Waals surface area contributed by atoms with Crippen molar-refractivity contribution in [3.05, 3.63) is 0 Å². The quantitative estimate of drug-likeness (QED) is 0.295. The Morgan fingerprint density at radius 3 is 1.67 bits per heavy atom. The van der Waals surface area contributed by atoms with Crippen molar-refractivity contribution in [1.82, 2.24) is 0 Å². The van der Waals surface area contributed by atoms with Crippen LogP contribution in [0, 0.1) is 0 Å². The summed E-state index contributed by atoms with van der Waals surface area (Å²) in [5.41, 5.74) is 0. The Kier molecular flexibility index (Phi) is 15.8. The molecule has 1 unspecified atom stereocenters. The molecule has 0 aromatic heterocycles. The molecule has 0 rings (SSSR count). The zero-order valence-corrected chi connectivity index (χ0v) is 16.2. The van der Waals surface area contributed by atoms with E-state index in [1.165, 1.54) is 38.5 Å². The van der Waals surface area contributed by atoms with E-state index < -0.39 is 21.3 Å². The van der Waals surface area contributed by atoms with Crippen LogP contribution < -0.4 is 29.6 Å². The summed E-state index contributed by atoms with van der Waals surface area (Å²) in [7, 11) is -4.47. The summed E-state index contributed by atoms with van der Waals surface area (Å²) in [6, 6.07) is 0. The maximum atomic E-state index is 10.8. The Balaban J connectivity index is -0.00000180. The Morgan fingerprint density at radius 2 is 1.33 bits per heavy atom. The summed E-state index contributed by atoms with van der Waals surface area (Å²) < 4.78 is 30.5. The molecule has 122 valence electrons. The molecule has 0 amide bonds. The largest absolute Gasteiger partial charge is 1.00 e. The second kappa shape index (κ2) is 14.0. The zero-order valence-electron chi connectivity index (χ0n) is 14.4. The van der Waals surface area contributed by atoms with Crippen LogP contribution >= 0.6 is 0 Å². The monoisotopic (exact) mass is 332 g/mol. The Morgan fingerprint density at radius 1 is 0.952 bits per heavy atom. The molecule has 0 saturated heterocycles. The van der Waals surface area contributed by atoms with Crippen molar-refractivity contribution in [2.24, 2.45) is 0 Å². The Bertz CT molecular complexity index is 362. The van der Waals surface area contributed by atoms with Gasteiger partial charge in [0.2, 0.25) is 0 Å². The van der Waals surface area contributed by atoms with Crippen LogP contribution in [0.25, 0.3) is 0 Å². The van der Waals surface area contributed by atoms with Crippen molar-refractivity contribution in [1.29, 1.82) is 0 Å². The Labute approximate surface area is 152 Å². The number of carboxylic acids is 1. The van der Waals surface area contributed by atoms with Gasteiger partial charge < -0.3 is 6.53 Å². The van der Waals surface area contributed by atoms with Crippen LogP contribution in [0.3, 0.4) is 0 Å². The molecule has 1 atom stereocenters. The normalized spacial score (nSPS) is 12.7. The number of aliphatic carboxylic acids is 1. The van der Waals surface area contributed by atoms with Gasteiger partial charge in [0, 0.05) is 0 Å². The second-order valence-electron chi connectivity index (χ2n) is 5.31. The SMILES string of the molecule is CCCCCCCCCCCCC(C(=O)O)S(=O)(=O)O.[H-].[Na+]. The molecule has 0 heterocycles. The van der Waals surface area contributed by atoms with Gasteiger partial charge in [-0.15, -0.1) is 0 Å². The molecular weight excluding hydrogens is 303 g/mol. The van der Waals surface area contributed by atoms with Gasteiger partial charge in [0.1, 0.15) is 0 Å². The summed E-state index contributed by atoms with van der Waals surface area (Å²) in [6.45, 7) is 2.19. The molecule has 0 spiro atoms. The van der Waals surface area contributed by atoms with E-state index in [0.717, 1.165) is 19.3 Å². The van der Waals surface area contributed by atoms with E-state index in [1.807, 2.05) is 0 Å². The van der Waals surface area contributed by atoms with E-state index in [-0.39, 0.29) is 37.4 Å². The minimum Gasteiger partial charge on any atom is -1.00 e. The molecule has 0 saturated carbocycles. The third kappa shape index (κ3) is 13.7. The molecule has 0 aromatic carbocycles. The smallest absolute Gasteiger partial charge is 1.00 e. The molecule has 21 heavy (non-hydrogen) atoms. The van der Waals surface area contributed by atoms with Crippen LogP contribution in [0.1, 0.15) is 79.0 Å². The minimum atomic E-state index is -4.47. The predicted molar refractivity (Wildman–Crippen MR) is 80.5 cm³/mol. The summed E-state index contributed by atoms with van der Waals surface area (Å²) in [5.74, 6) is -1.47. The maximum Gasteiger partial charge on any atom is 1.00 e. The van der Waals surface area contributed by atoms with Crippen molar-refractivity contribution < 1.29 is 53.9 Å². The number of carbonyl (C=O) groups is 1. The van der Waals surface area contributed by atoms with Crippen molar-refractivity contribution in [3.63, 3.8) is 0 Å². The van der Waals surface area contributed by atoms with E-state index in [2.05, 4.69) is 6.92 Å². The molecule has 2 N–H and O–H groups in total. The molecular formula is C14H29NaO5S. The van der Waals surface area contributed by atoms with Crippen LogP contribution in [-0.2, 0) is 14.9 Å². The van der Waals surface area contributed by atoms with Crippen LogP contribution in [-0.4, -0.2) is 29.3 Å². The van der Waals surface area contributed by atoms with Crippen molar-refractivity contribution >= 4 is 16.1 Å². The molecule has 0 aliphatic heterocycles. The van der Waals surface area contributed by atoms with Gasteiger partial charge in [-0.2, -0.15) is 8.42 Å². The van der Waals surface area contributed by atoms with Crippen LogP contribution in [0.15, 0.2) is 0 Å². The fourth-order valence-electron chi connectivity index (χ4n) is 2.22. The van der Waals surface area contributed by atoms with E-state index >= 15 is 0 Å². The van der Waals surface area contributed by atoms with Gasteiger partial charge in [-0.05, 0) is 6.42 Å². The van der Waals surface area contributed by atoms with Crippen LogP contribution in [0.2, 0.25) is 0 Å². The number of rotatable bonds is 13. The van der Waals surface area contributed by atoms with E-state index in [1.54, 1.807) is 0 Å². The van der Waals surface area contributed by atoms with Gasteiger partial charge in [0.25, 0.3) is 10.1 Å². The average molecular weight is 332 g/mol. The minimum absolute atomic E-state index is 0. The van der Waals surface area contributed by atoms with Gasteiger partial charge in [0.05, 0.1) is 0 Å². The first-order valence-electron chi connectivity index (χ1n) is 7.58. The topological polar surface area (TPSA) is 91.7 Å². The Hall–Kier alpha value is 0.380. The van der Waals surface area contributed by atoms with E-state index in [0.29, 0.717) is 6.42 Å². The van der Waals surface area contributed by atoms with Gasteiger partial charge in [0.15, 0.2) is 5.25 Å². The fourth-order valence-corrected chi connectivity index (χ4v) is 2.94. The molecule has 5 nitrogen and oxygen atoms in total. The first-order valence-corrected chi connectivity index (χ1v) is 9.09. The summed E-state index contributed by atoms with van der Waals surface area (Å²) >= 11 is 0. The fraction of sp³-hybridized carbons (Fsp3) is 0.929. The first kappa shape index (κ1) is 23.6. The van der Waals surface area contributed by atoms with E-state index in [9.17, 15) is 13.2 Å². The summed E-state index contributed by atoms with van der Waals surface area (Å²) in [5, 5.41) is 7.04. The van der Waals surface area contributed by atoms with Gasteiger partial charge in [-0.1, -0.05) is 71.1 Å². The van der Waals surface area contributed by atoms with Gasteiger partial charge >= 0.3 is 35.5 Å². The molecule has 0 aliphatic carbocycles. The third-order valence-electron chi connectivity index (χ3n) is 3.45. The first-order chi connectivity index (χ1) is 9.39. The van der Waals surface area contributed by atoms with Gasteiger partial charge in [-0.25, -0.2) is 0 Å². The van der Waals surface area contributed by atoms with Crippen molar-refractivity contribution in [3.8, 4) is 0 Å². The number of hydrogen-bond acceptors (Lipinski definition) is 3. The second-order valence-corrected chi connectivity index (χ2v) is 6.91. The molecule has 0 bridgehead atoms. The number of carboxylic acid groups (broad SMARTS) is 1. The van der Waals surface area contributed by atoms with Gasteiger partial charge in [-0.3, -0.25) is 9.35 Å². The molecule has 7 heteroatoms. The standard InChI is InChI=1S/C14H28O5S.Na.H/c1-2-3-4-5-6-7-8-9-10-11-12-13(14(15)16)20(17,18)19;;/h13H,2-12H2,1H3,(H,15,16)(H,17,18,19);;/q;+1;-1. The predicted octanol–water partition coefficient (Wildman–Crippen LogP) is 0.755. The molecule has 0 fully saturated rings. The maximum absolute atomic E-state index is 10.8. The molecule has 0 radical (unpaired) electrons. The molecule has 0 aromatic rings. The number of hydrogen-bond donors (Lipinski definition) is 2. The summed E-state index contributed by atoms with van der Waals surface area (Å²) in [6.07, 6.45) is 11.0. The zero-order chi connectivity index (χ0) is 15.4. The van der Waals surface area contributed by atoms with Crippen molar-refractivity contribution in [2.45, 2.75) is 82.8 Å². The molecule has 0 aliphatic rings. The summed E-state index contributed by atoms with van der Waals surface area (Å²) in [4.78, 5) is 10.7. The van der Waals surface area contributed by atoms with E-state index in [4.69, 9.17) is 9.66 Å². The third-order valence-corrected chi connectivity index (χ3v) is 4.61. The van der Waals surface area contributed by atoms with Crippen LogP contribution in [0.4, 0.5) is 0 Å². The van der Waals surface area contributed by atoms with Crippen LogP contribution in [0.5, 0.6) is 0 Å². The number of unbranched alkanes of at least 4 members (excludes halogenated alkanes) is 9. The van der Waals surface area contributed by atoms with Crippen molar-refractivity contribution in [2.75, 3.05) is 0 Å². The average Bonchev–Trinajstić information content (AvgIpc) is 2.34.